The van der Waals surface area contributed by atoms with Crippen LogP contribution in [0.5, 0.6) is 0 Å². The number of guanidine groups is 1. The fourth-order valence-electron chi connectivity index (χ4n) is 2.83. The maximum atomic E-state index is 11.7. The third-order valence-corrected chi connectivity index (χ3v) is 4.50. The number of aliphatic imine (C=N–C) groups is 1. The predicted octanol–water partition coefficient (Wildman–Crippen LogP) is 0.431. The van der Waals surface area contributed by atoms with Crippen molar-refractivity contribution in [3.05, 3.63) is 41.0 Å². The average Bonchev–Trinajstić information content (AvgIpc) is 2.60. The van der Waals surface area contributed by atoms with E-state index in [4.69, 9.17) is 16.7 Å². The summed E-state index contributed by atoms with van der Waals surface area (Å²) in [5, 5.41) is 23.5. The number of benzene rings is 1. The molecule has 1 aromatic carbocycles. The molecule has 0 bridgehead atoms. The standard InChI is InChI=1S/C16H15N9O2S/c1-28(26,27)25-10-5-3-2-4-8(10)13-11-12(19)9(6-17)14(20)23-15(11)24-16(22-13)21-7-18/h2-5,13,25H,1H3,(H6,19,20,21,22,23,24). The predicted molar refractivity (Wildman–Crippen MR) is 104 cm³/mol. The van der Waals surface area contributed by atoms with E-state index in [1.807, 2.05) is 6.07 Å². The van der Waals surface area contributed by atoms with Crippen LogP contribution < -0.4 is 26.8 Å². The smallest absolute Gasteiger partial charge is 0.229 e. The molecular weight excluding hydrogens is 382 g/mol. The molecule has 1 aromatic heterocycles. The molecular formula is C16H15N9O2S. The first-order valence-corrected chi connectivity index (χ1v) is 9.70. The lowest BCUT2D eigenvalue weighted by Crippen LogP contribution is -2.33. The number of hydrogen-bond acceptors (Lipinski definition) is 10. The molecule has 12 heteroatoms. The molecule has 2 heterocycles. The Morgan fingerprint density at radius 1 is 1.25 bits per heavy atom. The van der Waals surface area contributed by atoms with E-state index in [-0.39, 0.29) is 34.5 Å². The van der Waals surface area contributed by atoms with Crippen LogP contribution in [0.1, 0.15) is 22.7 Å². The molecule has 0 spiro atoms. The molecule has 2 aromatic rings. The minimum absolute atomic E-state index is 0.00834. The van der Waals surface area contributed by atoms with Gasteiger partial charge in [-0.25, -0.2) is 18.4 Å². The van der Waals surface area contributed by atoms with Crippen LogP contribution in [-0.2, 0) is 10.0 Å². The Bertz CT molecular complexity index is 1180. The number of sulfonamides is 1. The first kappa shape index (κ1) is 18.8. The van der Waals surface area contributed by atoms with Crippen molar-refractivity contribution in [2.75, 3.05) is 27.8 Å². The van der Waals surface area contributed by atoms with Crippen molar-refractivity contribution >= 4 is 39.0 Å². The number of hydrogen-bond donors (Lipinski definition) is 5. The Kier molecular flexibility index (Phi) is 4.65. The van der Waals surface area contributed by atoms with Crippen LogP contribution in [0.25, 0.3) is 0 Å². The lowest BCUT2D eigenvalue weighted by molar-refractivity contribution is 0.606. The Morgan fingerprint density at radius 2 is 1.96 bits per heavy atom. The zero-order valence-corrected chi connectivity index (χ0v) is 15.4. The van der Waals surface area contributed by atoms with E-state index in [1.54, 1.807) is 30.5 Å². The molecule has 0 saturated carbocycles. The van der Waals surface area contributed by atoms with E-state index in [1.165, 1.54) is 0 Å². The molecule has 1 aliphatic rings. The third-order valence-electron chi connectivity index (χ3n) is 3.91. The Hall–Kier alpha value is -4.03. The second-order valence-electron chi connectivity index (χ2n) is 5.86. The van der Waals surface area contributed by atoms with Gasteiger partial charge in [0.2, 0.25) is 16.0 Å². The van der Waals surface area contributed by atoms with Gasteiger partial charge in [-0.3, -0.25) is 10.0 Å². The fourth-order valence-corrected chi connectivity index (χ4v) is 3.42. The van der Waals surface area contributed by atoms with E-state index >= 15 is 0 Å². The summed E-state index contributed by atoms with van der Waals surface area (Å²) in [5.74, 6) is 0.205. The minimum atomic E-state index is -3.57. The normalized spacial score (nSPS) is 15.2. The summed E-state index contributed by atoms with van der Waals surface area (Å²) >= 11 is 0. The zero-order chi connectivity index (χ0) is 20.5. The van der Waals surface area contributed by atoms with Crippen LogP contribution in [0, 0.1) is 22.8 Å². The number of nitrogens with two attached hydrogens (primary N) is 2. The summed E-state index contributed by atoms with van der Waals surface area (Å²) < 4.78 is 25.9. The lowest BCUT2D eigenvalue weighted by atomic mass is 9.94. The van der Waals surface area contributed by atoms with E-state index in [2.05, 4.69) is 25.3 Å². The van der Waals surface area contributed by atoms with Crippen LogP contribution in [-0.4, -0.2) is 25.6 Å². The lowest BCUT2D eigenvalue weighted by Gasteiger charge is -2.27. The molecule has 0 fully saturated rings. The quantitative estimate of drug-likeness (QED) is 0.360. The molecule has 142 valence electrons. The number of fused-ring (bicyclic) bond motifs is 1. The maximum Gasteiger partial charge on any atom is 0.229 e. The van der Waals surface area contributed by atoms with Crippen LogP contribution in [0.3, 0.4) is 0 Å². The van der Waals surface area contributed by atoms with Gasteiger partial charge in [-0.1, -0.05) is 18.2 Å². The van der Waals surface area contributed by atoms with Crippen LogP contribution >= 0.6 is 0 Å². The average molecular weight is 397 g/mol. The van der Waals surface area contributed by atoms with E-state index in [0.717, 1.165) is 6.26 Å². The minimum Gasteiger partial charge on any atom is -0.397 e. The number of nitrogen functional groups attached to an aromatic ring is 2. The van der Waals surface area contributed by atoms with E-state index in [0.29, 0.717) is 11.1 Å². The second-order valence-corrected chi connectivity index (χ2v) is 7.61. The van der Waals surface area contributed by atoms with Gasteiger partial charge in [0.25, 0.3) is 0 Å². The molecule has 1 aliphatic heterocycles. The first-order chi connectivity index (χ1) is 13.2. The number of aromatic nitrogens is 1. The number of pyridine rings is 1. The third kappa shape index (κ3) is 3.44. The molecule has 0 aliphatic carbocycles. The van der Waals surface area contributed by atoms with E-state index in [9.17, 15) is 13.7 Å². The number of nitrogens with zero attached hydrogens (tertiary/aromatic N) is 4. The van der Waals surface area contributed by atoms with Crippen molar-refractivity contribution in [2.24, 2.45) is 4.99 Å². The van der Waals surface area contributed by atoms with Crippen molar-refractivity contribution in [1.82, 2.24) is 10.3 Å². The Morgan fingerprint density at radius 3 is 2.61 bits per heavy atom. The topological polar surface area (TPSA) is 195 Å². The molecule has 7 N–H and O–H groups in total. The molecule has 1 atom stereocenters. The van der Waals surface area contributed by atoms with Gasteiger partial charge in [-0.2, -0.15) is 10.5 Å². The summed E-state index contributed by atoms with van der Waals surface area (Å²) in [6.45, 7) is 0. The number of nitrogens with one attached hydrogen (secondary N) is 3. The molecule has 3 rings (SSSR count). The van der Waals surface area contributed by atoms with Gasteiger partial charge in [0.15, 0.2) is 6.19 Å². The highest BCUT2D eigenvalue weighted by molar-refractivity contribution is 7.92. The van der Waals surface area contributed by atoms with Crippen LogP contribution in [0.2, 0.25) is 0 Å². The molecule has 1 unspecified atom stereocenters. The van der Waals surface area contributed by atoms with Gasteiger partial charge in [-0.05, 0) is 6.07 Å². The van der Waals surface area contributed by atoms with Crippen molar-refractivity contribution in [1.29, 1.82) is 10.5 Å². The number of anilines is 4. The summed E-state index contributed by atoms with van der Waals surface area (Å²) in [6, 6.07) is 7.63. The summed E-state index contributed by atoms with van der Waals surface area (Å²) in [6.07, 6.45) is 2.77. The first-order valence-electron chi connectivity index (χ1n) is 7.80. The Balaban J connectivity index is 2.28. The zero-order valence-electron chi connectivity index (χ0n) is 14.6. The van der Waals surface area contributed by atoms with Gasteiger partial charge in [-0.15, -0.1) is 0 Å². The van der Waals surface area contributed by atoms with Gasteiger partial charge < -0.3 is 16.8 Å². The largest absolute Gasteiger partial charge is 0.397 e. The van der Waals surface area contributed by atoms with Gasteiger partial charge in [0, 0.05) is 11.1 Å². The summed E-state index contributed by atoms with van der Waals surface area (Å²) in [4.78, 5) is 8.56. The molecule has 0 amide bonds. The number of nitriles is 2. The van der Waals surface area contributed by atoms with Crippen molar-refractivity contribution in [3.8, 4) is 12.3 Å². The molecule has 28 heavy (non-hydrogen) atoms. The van der Waals surface area contributed by atoms with Gasteiger partial charge >= 0.3 is 0 Å². The highest BCUT2D eigenvalue weighted by Gasteiger charge is 2.31. The monoisotopic (exact) mass is 397 g/mol. The fraction of sp³-hybridized carbons (Fsp3) is 0.125. The second kappa shape index (κ2) is 6.94. The summed E-state index contributed by atoms with van der Waals surface area (Å²) in [5.41, 5.74) is 13.1. The maximum absolute atomic E-state index is 11.7. The van der Waals surface area contributed by atoms with Gasteiger partial charge in [0.1, 0.15) is 29.3 Å². The van der Waals surface area contributed by atoms with Crippen LogP contribution in [0.4, 0.5) is 23.0 Å². The summed E-state index contributed by atoms with van der Waals surface area (Å²) in [7, 11) is -3.57. The van der Waals surface area contributed by atoms with Crippen molar-refractivity contribution in [3.63, 3.8) is 0 Å². The highest BCUT2D eigenvalue weighted by Crippen LogP contribution is 2.42. The molecule has 11 nitrogen and oxygen atoms in total. The van der Waals surface area contributed by atoms with Crippen molar-refractivity contribution < 1.29 is 8.42 Å². The highest BCUT2D eigenvalue weighted by atomic mass is 32.2. The van der Waals surface area contributed by atoms with E-state index < -0.39 is 16.1 Å². The SMILES string of the molecule is CS(=O)(=O)Nc1ccccc1C1N=C(NC#N)Nc2nc(N)c(C#N)c(N)c21. The Labute approximate surface area is 160 Å². The molecule has 0 saturated heterocycles. The van der Waals surface area contributed by atoms with Crippen LogP contribution in [0.15, 0.2) is 29.3 Å². The van der Waals surface area contributed by atoms with Crippen molar-refractivity contribution in [2.45, 2.75) is 6.04 Å². The van der Waals surface area contributed by atoms with Gasteiger partial charge in [0.05, 0.1) is 17.6 Å². The molecule has 0 radical (unpaired) electrons. The number of rotatable bonds is 3. The number of para-hydroxylation sites is 1.